The summed E-state index contributed by atoms with van der Waals surface area (Å²) in [6.07, 6.45) is 1.97. The van der Waals surface area contributed by atoms with Crippen molar-refractivity contribution in [1.29, 1.82) is 0 Å². The average Bonchev–Trinajstić information content (AvgIpc) is 2.38. The van der Waals surface area contributed by atoms with Crippen LogP contribution in [-0.4, -0.2) is 18.5 Å². The molecule has 2 N–H and O–H groups in total. The topological polar surface area (TPSA) is 41.1 Å². The van der Waals surface area contributed by atoms with Gasteiger partial charge in [0.1, 0.15) is 0 Å². The van der Waals surface area contributed by atoms with Crippen LogP contribution in [0.3, 0.4) is 0 Å². The Bertz CT molecular complexity index is 355. The van der Waals surface area contributed by atoms with Crippen molar-refractivity contribution in [2.45, 2.75) is 46.2 Å². The monoisotopic (exact) mass is 248 g/mol. The van der Waals surface area contributed by atoms with Gasteiger partial charge in [-0.05, 0) is 25.3 Å². The molecule has 0 aliphatic heterocycles. The van der Waals surface area contributed by atoms with Gasteiger partial charge in [-0.3, -0.25) is 4.79 Å². The number of amides is 1. The van der Waals surface area contributed by atoms with Gasteiger partial charge in [-0.1, -0.05) is 43.7 Å². The number of hydrogen-bond donors (Lipinski definition) is 2. The molecule has 1 aromatic carbocycles. The molecule has 3 nitrogen and oxygen atoms in total. The van der Waals surface area contributed by atoms with E-state index in [-0.39, 0.29) is 5.91 Å². The summed E-state index contributed by atoms with van der Waals surface area (Å²) in [4.78, 5) is 11.6. The second-order valence-corrected chi connectivity index (χ2v) is 4.67. The summed E-state index contributed by atoms with van der Waals surface area (Å²) in [6, 6.07) is 8.64. The molecule has 18 heavy (non-hydrogen) atoms. The molecule has 0 bridgehead atoms. The first kappa shape index (κ1) is 14.7. The van der Waals surface area contributed by atoms with Crippen molar-refractivity contribution < 1.29 is 4.79 Å². The molecule has 0 aromatic heterocycles. The van der Waals surface area contributed by atoms with E-state index in [0.29, 0.717) is 12.6 Å². The number of carbonyl (C=O) groups is 1. The molecule has 0 spiro atoms. The first-order chi connectivity index (χ1) is 8.65. The minimum absolute atomic E-state index is 0.0795. The van der Waals surface area contributed by atoms with E-state index in [1.807, 2.05) is 0 Å². The molecule has 0 fully saturated rings. The molecule has 0 heterocycles. The molecule has 0 atom stereocenters. The van der Waals surface area contributed by atoms with Crippen molar-refractivity contribution in [2.75, 3.05) is 6.54 Å². The third-order valence-electron chi connectivity index (χ3n) is 3.09. The molecule has 100 valence electrons. The number of hydrogen-bond acceptors (Lipinski definition) is 2. The minimum Gasteiger partial charge on any atom is -0.352 e. The van der Waals surface area contributed by atoms with Gasteiger partial charge in [-0.2, -0.15) is 0 Å². The van der Waals surface area contributed by atoms with E-state index in [1.54, 1.807) is 0 Å². The maximum atomic E-state index is 11.6. The van der Waals surface area contributed by atoms with Crippen LogP contribution in [0.1, 0.15) is 37.8 Å². The second kappa shape index (κ2) is 7.88. The quantitative estimate of drug-likeness (QED) is 0.778. The lowest BCUT2D eigenvalue weighted by Gasteiger charge is -2.14. The Labute approximate surface area is 110 Å². The summed E-state index contributed by atoms with van der Waals surface area (Å²) >= 11 is 0. The molecule has 1 aromatic rings. The average molecular weight is 248 g/mol. The van der Waals surface area contributed by atoms with Crippen molar-refractivity contribution in [3.8, 4) is 0 Å². The molecule has 1 rings (SSSR count). The predicted molar refractivity (Wildman–Crippen MR) is 75.4 cm³/mol. The maximum absolute atomic E-state index is 11.6. The lowest BCUT2D eigenvalue weighted by Crippen LogP contribution is -2.39. The maximum Gasteiger partial charge on any atom is 0.234 e. The van der Waals surface area contributed by atoms with E-state index >= 15 is 0 Å². The predicted octanol–water partition coefficient (Wildman–Crippen LogP) is 2.39. The third-order valence-corrected chi connectivity index (χ3v) is 3.09. The van der Waals surface area contributed by atoms with Crippen LogP contribution in [-0.2, 0) is 11.3 Å². The number of aryl methyl sites for hydroxylation is 1. The van der Waals surface area contributed by atoms with E-state index in [0.717, 1.165) is 19.4 Å². The molecule has 0 saturated carbocycles. The zero-order chi connectivity index (χ0) is 13.4. The first-order valence-electron chi connectivity index (χ1n) is 6.71. The van der Waals surface area contributed by atoms with Gasteiger partial charge >= 0.3 is 0 Å². The van der Waals surface area contributed by atoms with Crippen molar-refractivity contribution in [2.24, 2.45) is 0 Å². The van der Waals surface area contributed by atoms with Crippen LogP contribution >= 0.6 is 0 Å². The molecule has 0 saturated heterocycles. The van der Waals surface area contributed by atoms with Crippen molar-refractivity contribution in [3.05, 3.63) is 35.4 Å². The minimum atomic E-state index is 0.0795. The van der Waals surface area contributed by atoms with Crippen molar-refractivity contribution in [3.63, 3.8) is 0 Å². The Morgan fingerprint density at radius 2 is 1.78 bits per heavy atom. The van der Waals surface area contributed by atoms with Crippen LogP contribution in [0.25, 0.3) is 0 Å². The molecule has 0 aliphatic rings. The summed E-state index contributed by atoms with van der Waals surface area (Å²) in [5.41, 5.74) is 2.46. The zero-order valence-electron chi connectivity index (χ0n) is 11.6. The van der Waals surface area contributed by atoms with Gasteiger partial charge in [0.05, 0.1) is 6.54 Å². The Kier molecular flexibility index (Phi) is 6.44. The zero-order valence-corrected chi connectivity index (χ0v) is 11.6. The summed E-state index contributed by atoms with van der Waals surface area (Å²) in [7, 11) is 0. The second-order valence-electron chi connectivity index (χ2n) is 4.67. The Hall–Kier alpha value is -1.35. The van der Waals surface area contributed by atoms with Gasteiger partial charge in [0.2, 0.25) is 5.91 Å². The first-order valence-corrected chi connectivity index (χ1v) is 6.71. The van der Waals surface area contributed by atoms with Crippen molar-refractivity contribution >= 4 is 5.91 Å². The number of benzene rings is 1. The van der Waals surface area contributed by atoms with Gasteiger partial charge in [-0.25, -0.2) is 0 Å². The Morgan fingerprint density at radius 3 is 2.33 bits per heavy atom. The fraction of sp³-hybridized carbons (Fsp3) is 0.533. The van der Waals surface area contributed by atoms with Crippen LogP contribution in [0.15, 0.2) is 24.3 Å². The summed E-state index contributed by atoms with van der Waals surface area (Å²) in [5.74, 6) is 0.0795. The number of nitrogens with one attached hydrogen (secondary N) is 2. The van der Waals surface area contributed by atoms with E-state index in [2.05, 4.69) is 55.7 Å². The lowest BCUT2D eigenvalue weighted by atomic mass is 10.1. The van der Waals surface area contributed by atoms with Crippen LogP contribution < -0.4 is 10.6 Å². The van der Waals surface area contributed by atoms with Crippen LogP contribution in [0.2, 0.25) is 0 Å². The van der Waals surface area contributed by atoms with Gasteiger partial charge < -0.3 is 10.6 Å². The molecule has 1 amide bonds. The SMILES string of the molecule is CCC(CC)NC(=O)CNCc1ccc(C)cc1. The van der Waals surface area contributed by atoms with Crippen LogP contribution in [0.4, 0.5) is 0 Å². The summed E-state index contributed by atoms with van der Waals surface area (Å²) in [6.45, 7) is 7.36. The normalized spacial score (nSPS) is 10.7. The van der Waals surface area contributed by atoms with Crippen LogP contribution in [0, 0.1) is 6.92 Å². The molecule has 0 radical (unpaired) electrons. The highest BCUT2D eigenvalue weighted by Gasteiger charge is 2.07. The number of rotatable bonds is 7. The van der Waals surface area contributed by atoms with Crippen LogP contribution in [0.5, 0.6) is 0 Å². The molecule has 0 aliphatic carbocycles. The van der Waals surface area contributed by atoms with E-state index < -0.39 is 0 Å². The molecule has 0 unspecified atom stereocenters. The Balaban J connectivity index is 2.25. The molecular formula is C15H24N2O. The highest BCUT2D eigenvalue weighted by molar-refractivity contribution is 5.78. The highest BCUT2D eigenvalue weighted by atomic mass is 16.1. The fourth-order valence-electron chi connectivity index (χ4n) is 1.80. The van der Waals surface area contributed by atoms with Crippen molar-refractivity contribution in [1.82, 2.24) is 10.6 Å². The highest BCUT2D eigenvalue weighted by Crippen LogP contribution is 2.02. The molecular weight excluding hydrogens is 224 g/mol. The van der Waals surface area contributed by atoms with E-state index in [4.69, 9.17) is 0 Å². The van der Waals surface area contributed by atoms with E-state index in [1.165, 1.54) is 11.1 Å². The van der Waals surface area contributed by atoms with E-state index in [9.17, 15) is 4.79 Å². The standard InChI is InChI=1S/C15H24N2O/c1-4-14(5-2)17-15(18)11-16-10-13-8-6-12(3)7-9-13/h6-9,14,16H,4-5,10-11H2,1-3H3,(H,17,18). The lowest BCUT2D eigenvalue weighted by molar-refractivity contribution is -0.121. The number of carbonyl (C=O) groups excluding carboxylic acids is 1. The molecule has 3 heteroatoms. The summed E-state index contributed by atoms with van der Waals surface area (Å²) < 4.78 is 0. The van der Waals surface area contributed by atoms with Gasteiger partial charge in [0, 0.05) is 12.6 Å². The largest absolute Gasteiger partial charge is 0.352 e. The summed E-state index contributed by atoms with van der Waals surface area (Å²) in [5, 5.41) is 6.17. The van der Waals surface area contributed by atoms with Gasteiger partial charge in [0.25, 0.3) is 0 Å². The fourth-order valence-corrected chi connectivity index (χ4v) is 1.80. The third kappa shape index (κ3) is 5.32. The Morgan fingerprint density at radius 1 is 1.17 bits per heavy atom. The van der Waals surface area contributed by atoms with Gasteiger partial charge in [0.15, 0.2) is 0 Å². The smallest absolute Gasteiger partial charge is 0.234 e. The van der Waals surface area contributed by atoms with Gasteiger partial charge in [-0.15, -0.1) is 0 Å².